The third-order valence-electron chi connectivity index (χ3n) is 2.58. The van der Waals surface area contributed by atoms with Crippen molar-refractivity contribution >= 4 is 11.6 Å². The van der Waals surface area contributed by atoms with E-state index in [-0.39, 0.29) is 0 Å². The molecule has 1 N–H and O–H groups in total. The first-order chi connectivity index (χ1) is 8.93. The van der Waals surface area contributed by atoms with E-state index in [9.17, 15) is 0 Å². The van der Waals surface area contributed by atoms with E-state index in [1.54, 1.807) is 4.68 Å². The molecule has 1 aromatic heterocycles. The lowest BCUT2D eigenvalue weighted by atomic mass is 10.3. The number of anilines is 2. The highest BCUT2D eigenvalue weighted by Crippen LogP contribution is 2.16. The number of aromatic nitrogens is 3. The van der Waals surface area contributed by atoms with E-state index in [2.05, 4.69) is 15.4 Å². The third kappa shape index (κ3) is 2.08. The van der Waals surface area contributed by atoms with Crippen LogP contribution in [0.3, 0.4) is 0 Å². The quantitative estimate of drug-likeness (QED) is 0.760. The molecule has 18 heavy (non-hydrogen) atoms. The van der Waals surface area contributed by atoms with E-state index in [1.807, 2.05) is 60.7 Å². The van der Waals surface area contributed by atoms with Crippen LogP contribution in [0, 0.1) is 0 Å². The van der Waals surface area contributed by atoms with Crippen LogP contribution in [-0.4, -0.2) is 14.8 Å². The molecule has 0 spiro atoms. The number of rotatable bonds is 3. The van der Waals surface area contributed by atoms with Crippen molar-refractivity contribution in [3.8, 4) is 5.69 Å². The van der Waals surface area contributed by atoms with Gasteiger partial charge in [0.15, 0.2) is 0 Å². The number of hydrogen-bond acceptors (Lipinski definition) is 3. The average molecular weight is 236 g/mol. The summed E-state index contributed by atoms with van der Waals surface area (Å²) in [6.45, 7) is 0. The summed E-state index contributed by atoms with van der Waals surface area (Å²) in [7, 11) is 0. The van der Waals surface area contributed by atoms with Crippen LogP contribution in [0.15, 0.2) is 67.0 Å². The van der Waals surface area contributed by atoms with Gasteiger partial charge < -0.3 is 5.32 Å². The molecular formula is C14H12N4. The Morgan fingerprint density at radius 3 is 2.22 bits per heavy atom. The standard InChI is InChI=1S/C14H12N4/c1-3-7-12(8-4-1)17-14-15-11-16-18(14)13-9-5-2-6-10-13/h1-11H,(H,15,16,17). The molecule has 0 unspecified atom stereocenters. The lowest BCUT2D eigenvalue weighted by molar-refractivity contribution is 0.887. The summed E-state index contributed by atoms with van der Waals surface area (Å²) in [5.41, 5.74) is 1.97. The molecule has 88 valence electrons. The lowest BCUT2D eigenvalue weighted by Crippen LogP contribution is -2.02. The molecule has 0 saturated heterocycles. The highest BCUT2D eigenvalue weighted by Gasteiger charge is 2.05. The summed E-state index contributed by atoms with van der Waals surface area (Å²) in [4.78, 5) is 4.23. The molecule has 2 aromatic carbocycles. The van der Waals surface area contributed by atoms with Crippen molar-refractivity contribution in [1.29, 1.82) is 0 Å². The van der Waals surface area contributed by atoms with Gasteiger partial charge in [-0.3, -0.25) is 0 Å². The molecular weight excluding hydrogens is 224 g/mol. The molecule has 4 heteroatoms. The normalized spacial score (nSPS) is 10.2. The molecule has 0 aliphatic carbocycles. The van der Waals surface area contributed by atoms with Gasteiger partial charge in [-0.1, -0.05) is 36.4 Å². The molecule has 0 saturated carbocycles. The molecule has 0 atom stereocenters. The fraction of sp³-hybridized carbons (Fsp3) is 0. The Kier molecular flexibility index (Phi) is 2.75. The SMILES string of the molecule is c1ccc(Nc2ncnn2-c2ccccc2)cc1. The minimum absolute atomic E-state index is 0.701. The zero-order valence-electron chi connectivity index (χ0n) is 9.69. The fourth-order valence-corrected chi connectivity index (χ4v) is 1.74. The first kappa shape index (κ1) is 10.5. The smallest absolute Gasteiger partial charge is 0.230 e. The Hall–Kier alpha value is -2.62. The highest BCUT2D eigenvalue weighted by molar-refractivity contribution is 5.54. The third-order valence-corrected chi connectivity index (χ3v) is 2.58. The van der Waals surface area contributed by atoms with Crippen LogP contribution in [0.5, 0.6) is 0 Å². The number of benzene rings is 2. The zero-order chi connectivity index (χ0) is 12.2. The van der Waals surface area contributed by atoms with Gasteiger partial charge in [0.05, 0.1) is 5.69 Å². The predicted molar refractivity (Wildman–Crippen MR) is 71.1 cm³/mol. The Balaban J connectivity index is 1.93. The Morgan fingerprint density at radius 2 is 1.50 bits per heavy atom. The van der Waals surface area contributed by atoms with E-state index in [0.717, 1.165) is 11.4 Å². The molecule has 1 heterocycles. The van der Waals surface area contributed by atoms with Crippen LogP contribution in [0.4, 0.5) is 11.6 Å². The largest absolute Gasteiger partial charge is 0.324 e. The van der Waals surface area contributed by atoms with Crippen molar-refractivity contribution in [2.24, 2.45) is 0 Å². The molecule has 0 amide bonds. The molecule has 4 nitrogen and oxygen atoms in total. The summed E-state index contributed by atoms with van der Waals surface area (Å²) < 4.78 is 1.77. The van der Waals surface area contributed by atoms with E-state index in [0.29, 0.717) is 5.95 Å². The minimum atomic E-state index is 0.701. The monoisotopic (exact) mass is 236 g/mol. The molecule has 0 fully saturated rings. The molecule has 0 bridgehead atoms. The fourth-order valence-electron chi connectivity index (χ4n) is 1.74. The number of nitrogens with zero attached hydrogens (tertiary/aromatic N) is 3. The maximum Gasteiger partial charge on any atom is 0.230 e. The maximum atomic E-state index is 4.23. The second kappa shape index (κ2) is 4.71. The topological polar surface area (TPSA) is 42.7 Å². The minimum Gasteiger partial charge on any atom is -0.324 e. The van der Waals surface area contributed by atoms with Crippen molar-refractivity contribution in [3.63, 3.8) is 0 Å². The van der Waals surface area contributed by atoms with Crippen LogP contribution in [0.2, 0.25) is 0 Å². The van der Waals surface area contributed by atoms with Gasteiger partial charge in [-0.05, 0) is 24.3 Å². The van der Waals surface area contributed by atoms with Gasteiger partial charge in [0, 0.05) is 5.69 Å². The average Bonchev–Trinajstić information content (AvgIpc) is 2.89. The summed E-state index contributed by atoms with van der Waals surface area (Å²) in [5, 5.41) is 7.47. The summed E-state index contributed by atoms with van der Waals surface area (Å²) >= 11 is 0. The molecule has 3 aromatic rings. The van der Waals surface area contributed by atoms with Crippen LogP contribution < -0.4 is 5.32 Å². The van der Waals surface area contributed by atoms with Crippen LogP contribution in [0.25, 0.3) is 5.69 Å². The van der Waals surface area contributed by atoms with Crippen LogP contribution >= 0.6 is 0 Å². The molecule has 0 aliphatic rings. The van der Waals surface area contributed by atoms with Gasteiger partial charge >= 0.3 is 0 Å². The molecule has 0 aliphatic heterocycles. The second-order valence-corrected chi connectivity index (χ2v) is 3.82. The lowest BCUT2D eigenvalue weighted by Gasteiger charge is -2.07. The zero-order valence-corrected chi connectivity index (χ0v) is 9.69. The van der Waals surface area contributed by atoms with Crippen molar-refractivity contribution < 1.29 is 0 Å². The van der Waals surface area contributed by atoms with Crippen LogP contribution in [0.1, 0.15) is 0 Å². The Labute approximate surface area is 105 Å². The number of para-hydroxylation sites is 2. The first-order valence-corrected chi connectivity index (χ1v) is 5.71. The van der Waals surface area contributed by atoms with Gasteiger partial charge in [-0.15, -0.1) is 0 Å². The predicted octanol–water partition coefficient (Wildman–Crippen LogP) is 3.01. The summed E-state index contributed by atoms with van der Waals surface area (Å²) in [6.07, 6.45) is 1.54. The van der Waals surface area contributed by atoms with Gasteiger partial charge in [0.1, 0.15) is 6.33 Å². The molecule has 3 rings (SSSR count). The van der Waals surface area contributed by atoms with Gasteiger partial charge in [0.2, 0.25) is 5.95 Å². The van der Waals surface area contributed by atoms with E-state index < -0.39 is 0 Å². The first-order valence-electron chi connectivity index (χ1n) is 5.71. The summed E-state index contributed by atoms with van der Waals surface area (Å²) in [5.74, 6) is 0.701. The summed E-state index contributed by atoms with van der Waals surface area (Å²) in [6, 6.07) is 19.8. The van der Waals surface area contributed by atoms with Crippen molar-refractivity contribution in [3.05, 3.63) is 67.0 Å². The van der Waals surface area contributed by atoms with Gasteiger partial charge in [-0.25, -0.2) is 0 Å². The van der Waals surface area contributed by atoms with Crippen molar-refractivity contribution in [2.75, 3.05) is 5.32 Å². The second-order valence-electron chi connectivity index (χ2n) is 3.82. The van der Waals surface area contributed by atoms with E-state index in [1.165, 1.54) is 6.33 Å². The van der Waals surface area contributed by atoms with Crippen molar-refractivity contribution in [1.82, 2.24) is 14.8 Å². The van der Waals surface area contributed by atoms with E-state index >= 15 is 0 Å². The van der Waals surface area contributed by atoms with Gasteiger partial charge in [-0.2, -0.15) is 14.8 Å². The van der Waals surface area contributed by atoms with Crippen molar-refractivity contribution in [2.45, 2.75) is 0 Å². The number of hydrogen-bond donors (Lipinski definition) is 1. The molecule has 0 radical (unpaired) electrons. The van der Waals surface area contributed by atoms with E-state index in [4.69, 9.17) is 0 Å². The van der Waals surface area contributed by atoms with Gasteiger partial charge in [0.25, 0.3) is 0 Å². The number of nitrogens with one attached hydrogen (secondary N) is 1. The maximum absolute atomic E-state index is 4.23. The Morgan fingerprint density at radius 1 is 0.833 bits per heavy atom. The Bertz CT molecular complexity index is 617. The highest BCUT2D eigenvalue weighted by atomic mass is 15.4. The van der Waals surface area contributed by atoms with Crippen LogP contribution in [-0.2, 0) is 0 Å².